The summed E-state index contributed by atoms with van der Waals surface area (Å²) >= 11 is 3.36. The zero-order chi connectivity index (χ0) is 11.8. The SMILES string of the molecule is COc1nc(N2CCCC2(C)C)ncc1Br. The number of nitrogens with zero attached hydrogens (tertiary/aromatic N) is 3. The third-order valence-electron chi connectivity index (χ3n) is 3.03. The highest BCUT2D eigenvalue weighted by Gasteiger charge is 2.33. The summed E-state index contributed by atoms with van der Waals surface area (Å²) in [5.41, 5.74) is 0.138. The van der Waals surface area contributed by atoms with Crippen molar-refractivity contribution in [2.24, 2.45) is 0 Å². The van der Waals surface area contributed by atoms with E-state index in [0.717, 1.165) is 17.0 Å². The second kappa shape index (κ2) is 4.20. The van der Waals surface area contributed by atoms with Crippen LogP contribution in [0.3, 0.4) is 0 Å². The molecule has 1 fully saturated rings. The van der Waals surface area contributed by atoms with Crippen molar-refractivity contribution in [2.75, 3.05) is 18.6 Å². The van der Waals surface area contributed by atoms with Crippen molar-refractivity contribution < 1.29 is 4.74 Å². The van der Waals surface area contributed by atoms with Gasteiger partial charge in [-0.05, 0) is 42.6 Å². The molecule has 1 aromatic rings. The topological polar surface area (TPSA) is 38.2 Å². The molecular formula is C11H16BrN3O. The summed E-state index contributed by atoms with van der Waals surface area (Å²) in [5, 5.41) is 0. The van der Waals surface area contributed by atoms with Crippen molar-refractivity contribution >= 4 is 21.9 Å². The second-order valence-corrected chi connectivity index (χ2v) is 5.45. The minimum absolute atomic E-state index is 0.138. The van der Waals surface area contributed by atoms with Crippen LogP contribution in [0.1, 0.15) is 26.7 Å². The van der Waals surface area contributed by atoms with Gasteiger partial charge in [-0.2, -0.15) is 4.98 Å². The molecule has 1 aliphatic heterocycles. The maximum Gasteiger partial charge on any atom is 0.232 e. The van der Waals surface area contributed by atoms with Crippen molar-refractivity contribution in [2.45, 2.75) is 32.2 Å². The number of rotatable bonds is 2. The zero-order valence-corrected chi connectivity index (χ0v) is 11.4. The molecule has 16 heavy (non-hydrogen) atoms. The Morgan fingerprint density at radius 3 is 2.81 bits per heavy atom. The lowest BCUT2D eigenvalue weighted by atomic mass is 10.0. The summed E-state index contributed by atoms with van der Waals surface area (Å²) in [5.74, 6) is 1.34. The molecule has 1 aliphatic rings. The van der Waals surface area contributed by atoms with E-state index in [-0.39, 0.29) is 5.54 Å². The van der Waals surface area contributed by atoms with Crippen LogP contribution in [-0.4, -0.2) is 29.2 Å². The summed E-state index contributed by atoms with van der Waals surface area (Å²) in [6.45, 7) is 5.45. The van der Waals surface area contributed by atoms with Crippen molar-refractivity contribution in [3.63, 3.8) is 0 Å². The van der Waals surface area contributed by atoms with Gasteiger partial charge in [-0.1, -0.05) is 0 Å². The van der Waals surface area contributed by atoms with Gasteiger partial charge in [0.05, 0.1) is 17.8 Å². The van der Waals surface area contributed by atoms with E-state index in [2.05, 4.69) is 44.6 Å². The monoisotopic (exact) mass is 285 g/mol. The van der Waals surface area contributed by atoms with Gasteiger partial charge < -0.3 is 9.64 Å². The summed E-state index contributed by atoms with van der Waals surface area (Å²) in [4.78, 5) is 11.0. The number of ether oxygens (including phenoxy) is 1. The average Bonchev–Trinajstić information content (AvgIpc) is 2.59. The van der Waals surface area contributed by atoms with Crippen molar-refractivity contribution in [3.05, 3.63) is 10.7 Å². The molecular weight excluding hydrogens is 270 g/mol. The molecule has 0 N–H and O–H groups in total. The van der Waals surface area contributed by atoms with Gasteiger partial charge in [-0.25, -0.2) is 4.98 Å². The largest absolute Gasteiger partial charge is 0.480 e. The Labute approximate surface area is 104 Å². The molecule has 0 aromatic carbocycles. The van der Waals surface area contributed by atoms with Crippen LogP contribution in [0, 0.1) is 0 Å². The summed E-state index contributed by atoms with van der Waals surface area (Å²) in [7, 11) is 1.62. The first kappa shape index (κ1) is 11.6. The number of hydrogen-bond donors (Lipinski definition) is 0. The Balaban J connectivity index is 2.34. The molecule has 4 nitrogen and oxygen atoms in total. The van der Waals surface area contributed by atoms with Gasteiger partial charge in [0.1, 0.15) is 0 Å². The van der Waals surface area contributed by atoms with Crippen molar-refractivity contribution in [1.82, 2.24) is 9.97 Å². The van der Waals surface area contributed by atoms with E-state index in [1.54, 1.807) is 13.3 Å². The normalized spacial score (nSPS) is 18.9. The van der Waals surface area contributed by atoms with Crippen molar-refractivity contribution in [3.8, 4) is 5.88 Å². The predicted octanol–water partition coefficient (Wildman–Crippen LogP) is 2.63. The molecule has 0 unspecified atom stereocenters. The zero-order valence-electron chi connectivity index (χ0n) is 9.83. The van der Waals surface area contributed by atoms with Crippen LogP contribution in [0.25, 0.3) is 0 Å². The number of anilines is 1. The molecule has 2 rings (SSSR count). The molecule has 0 saturated carbocycles. The minimum atomic E-state index is 0.138. The molecule has 5 heteroatoms. The number of aromatic nitrogens is 2. The summed E-state index contributed by atoms with van der Waals surface area (Å²) in [6.07, 6.45) is 4.11. The molecule has 0 aliphatic carbocycles. The van der Waals surface area contributed by atoms with Crippen LogP contribution in [-0.2, 0) is 0 Å². The van der Waals surface area contributed by atoms with Gasteiger partial charge in [0, 0.05) is 12.1 Å². The van der Waals surface area contributed by atoms with E-state index >= 15 is 0 Å². The minimum Gasteiger partial charge on any atom is -0.480 e. The highest BCUT2D eigenvalue weighted by molar-refractivity contribution is 9.10. The quantitative estimate of drug-likeness (QED) is 0.837. The lowest BCUT2D eigenvalue weighted by molar-refractivity contribution is 0.392. The van der Waals surface area contributed by atoms with E-state index in [1.807, 2.05) is 0 Å². The number of methoxy groups -OCH3 is 1. The summed E-state index contributed by atoms with van der Waals surface area (Å²) in [6, 6.07) is 0. The van der Waals surface area contributed by atoms with Crippen LogP contribution in [0.4, 0.5) is 5.95 Å². The van der Waals surface area contributed by atoms with E-state index in [9.17, 15) is 0 Å². The van der Waals surface area contributed by atoms with Crippen LogP contribution in [0.2, 0.25) is 0 Å². The van der Waals surface area contributed by atoms with Crippen LogP contribution < -0.4 is 9.64 Å². The third-order valence-corrected chi connectivity index (χ3v) is 3.58. The number of hydrogen-bond acceptors (Lipinski definition) is 4. The fraction of sp³-hybridized carbons (Fsp3) is 0.636. The highest BCUT2D eigenvalue weighted by Crippen LogP contribution is 2.33. The van der Waals surface area contributed by atoms with Crippen LogP contribution >= 0.6 is 15.9 Å². The maximum absolute atomic E-state index is 5.19. The average molecular weight is 286 g/mol. The Morgan fingerprint density at radius 1 is 1.50 bits per heavy atom. The van der Waals surface area contributed by atoms with Gasteiger partial charge in [0.25, 0.3) is 0 Å². The molecule has 0 atom stereocenters. The molecule has 2 heterocycles. The highest BCUT2D eigenvalue weighted by atomic mass is 79.9. The van der Waals surface area contributed by atoms with E-state index in [1.165, 1.54) is 12.8 Å². The second-order valence-electron chi connectivity index (χ2n) is 4.59. The van der Waals surface area contributed by atoms with Gasteiger partial charge >= 0.3 is 0 Å². The fourth-order valence-corrected chi connectivity index (χ4v) is 2.45. The number of halogens is 1. The fourth-order valence-electron chi connectivity index (χ4n) is 2.09. The molecule has 0 bridgehead atoms. The van der Waals surface area contributed by atoms with Gasteiger partial charge in [-0.15, -0.1) is 0 Å². The van der Waals surface area contributed by atoms with Gasteiger partial charge in [-0.3, -0.25) is 0 Å². The van der Waals surface area contributed by atoms with Crippen LogP contribution in [0.5, 0.6) is 5.88 Å². The Kier molecular flexibility index (Phi) is 3.06. The first-order chi connectivity index (χ1) is 7.54. The molecule has 1 saturated heterocycles. The summed E-state index contributed by atoms with van der Waals surface area (Å²) < 4.78 is 5.98. The van der Waals surface area contributed by atoms with E-state index in [4.69, 9.17) is 4.74 Å². The molecule has 0 spiro atoms. The molecule has 1 aromatic heterocycles. The first-order valence-electron chi connectivity index (χ1n) is 5.39. The van der Waals surface area contributed by atoms with Gasteiger partial charge in [0.2, 0.25) is 11.8 Å². The van der Waals surface area contributed by atoms with E-state index in [0.29, 0.717) is 5.88 Å². The molecule has 0 amide bonds. The van der Waals surface area contributed by atoms with Crippen molar-refractivity contribution in [1.29, 1.82) is 0 Å². The Bertz CT molecular complexity index is 395. The first-order valence-corrected chi connectivity index (χ1v) is 6.18. The lowest BCUT2D eigenvalue weighted by Gasteiger charge is -2.31. The predicted molar refractivity (Wildman–Crippen MR) is 66.9 cm³/mol. The standard InChI is InChI=1S/C11H16BrN3O/c1-11(2)5-4-6-15(11)10-13-7-8(12)9(14-10)16-3/h7H,4-6H2,1-3H3. The smallest absolute Gasteiger partial charge is 0.232 e. The van der Waals surface area contributed by atoms with Gasteiger partial charge in [0.15, 0.2) is 0 Å². The maximum atomic E-state index is 5.19. The lowest BCUT2D eigenvalue weighted by Crippen LogP contribution is -2.39. The Hall–Kier alpha value is -0.840. The van der Waals surface area contributed by atoms with Crippen LogP contribution in [0.15, 0.2) is 10.7 Å². The van der Waals surface area contributed by atoms with E-state index < -0.39 is 0 Å². The third kappa shape index (κ3) is 2.00. The molecule has 88 valence electrons. The molecule has 0 radical (unpaired) electrons. The Morgan fingerprint density at radius 2 is 2.25 bits per heavy atom.